The smallest absolute Gasteiger partial charge is 0.319 e. The molecule has 0 spiro atoms. The zero-order valence-corrected chi connectivity index (χ0v) is 14.0. The molecular formula is C17H20FN3O2S. The number of nitrogens with one attached hydrogen (secondary N) is 2. The molecule has 1 fully saturated rings. The van der Waals surface area contributed by atoms with E-state index >= 15 is 0 Å². The highest BCUT2D eigenvalue weighted by atomic mass is 32.1. The van der Waals surface area contributed by atoms with Crippen molar-refractivity contribution < 1.29 is 14.3 Å². The summed E-state index contributed by atoms with van der Waals surface area (Å²) < 4.78 is 13.8. The van der Waals surface area contributed by atoms with E-state index in [4.69, 9.17) is 0 Å². The van der Waals surface area contributed by atoms with Gasteiger partial charge in [0.05, 0.1) is 6.10 Å². The Hall–Kier alpha value is -2.12. The van der Waals surface area contributed by atoms with Crippen molar-refractivity contribution in [1.29, 1.82) is 0 Å². The first-order valence-corrected chi connectivity index (χ1v) is 8.86. The van der Waals surface area contributed by atoms with Crippen LogP contribution in [0.5, 0.6) is 0 Å². The predicted octanol–water partition coefficient (Wildman–Crippen LogP) is 3.34. The molecule has 0 radical (unpaired) electrons. The van der Waals surface area contributed by atoms with Crippen molar-refractivity contribution in [3.8, 4) is 0 Å². The molecule has 128 valence electrons. The summed E-state index contributed by atoms with van der Waals surface area (Å²) in [6, 6.07) is 5.87. The van der Waals surface area contributed by atoms with Gasteiger partial charge in [-0.3, -0.25) is 0 Å². The normalized spacial score (nSPS) is 15.3. The second-order valence-electron chi connectivity index (χ2n) is 5.80. The summed E-state index contributed by atoms with van der Waals surface area (Å²) in [5, 5.41) is 18.9. The Morgan fingerprint density at radius 2 is 2.12 bits per heavy atom. The summed E-state index contributed by atoms with van der Waals surface area (Å²) in [5.41, 5.74) is 1.95. The van der Waals surface area contributed by atoms with E-state index in [1.807, 2.05) is 16.8 Å². The van der Waals surface area contributed by atoms with Gasteiger partial charge in [0.1, 0.15) is 5.82 Å². The maximum Gasteiger partial charge on any atom is 0.319 e. The van der Waals surface area contributed by atoms with Gasteiger partial charge in [-0.15, -0.1) is 0 Å². The lowest BCUT2D eigenvalue weighted by Gasteiger charge is -2.19. The Morgan fingerprint density at radius 3 is 2.83 bits per heavy atom. The molecular weight excluding hydrogens is 329 g/mol. The molecule has 3 N–H and O–H groups in total. The van der Waals surface area contributed by atoms with Gasteiger partial charge in [-0.25, -0.2) is 9.18 Å². The Labute approximate surface area is 144 Å². The van der Waals surface area contributed by atoms with E-state index in [9.17, 15) is 14.3 Å². The minimum atomic E-state index is -0.755. The van der Waals surface area contributed by atoms with Gasteiger partial charge in [0, 0.05) is 31.0 Å². The molecule has 1 saturated heterocycles. The monoisotopic (exact) mass is 349 g/mol. The molecule has 2 heterocycles. The minimum absolute atomic E-state index is 0.0941. The van der Waals surface area contributed by atoms with Gasteiger partial charge < -0.3 is 20.6 Å². The number of hydrogen-bond donors (Lipinski definition) is 3. The zero-order valence-electron chi connectivity index (χ0n) is 13.2. The minimum Gasteiger partial charge on any atom is -0.387 e. The largest absolute Gasteiger partial charge is 0.387 e. The van der Waals surface area contributed by atoms with Crippen molar-refractivity contribution in [2.45, 2.75) is 18.9 Å². The lowest BCUT2D eigenvalue weighted by Crippen LogP contribution is -2.32. The van der Waals surface area contributed by atoms with Crippen LogP contribution in [0.2, 0.25) is 0 Å². The average molecular weight is 349 g/mol. The van der Waals surface area contributed by atoms with Gasteiger partial charge in [-0.05, 0) is 53.4 Å². The van der Waals surface area contributed by atoms with Crippen LogP contribution in [0.25, 0.3) is 0 Å². The molecule has 0 saturated carbocycles. The standard InChI is InChI=1S/C17H20FN3O2S/c18-13-7-14(9-15(8-13)21-4-1-2-5-21)20-17(23)19-10-16(22)12-3-6-24-11-12/h3,6-9,11,16,22H,1-2,4-5,10H2,(H2,19,20,23). The highest BCUT2D eigenvalue weighted by Gasteiger charge is 2.15. The van der Waals surface area contributed by atoms with Crippen molar-refractivity contribution in [2.75, 3.05) is 29.9 Å². The molecule has 1 aromatic heterocycles. The molecule has 24 heavy (non-hydrogen) atoms. The number of carbonyl (C=O) groups excluding carboxylic acids is 1. The van der Waals surface area contributed by atoms with E-state index in [2.05, 4.69) is 15.5 Å². The third kappa shape index (κ3) is 4.24. The average Bonchev–Trinajstić information content (AvgIpc) is 3.25. The van der Waals surface area contributed by atoms with Crippen LogP contribution in [-0.2, 0) is 0 Å². The van der Waals surface area contributed by atoms with Crippen LogP contribution in [0.4, 0.5) is 20.6 Å². The fraction of sp³-hybridized carbons (Fsp3) is 0.353. The zero-order chi connectivity index (χ0) is 16.9. The number of rotatable bonds is 5. The van der Waals surface area contributed by atoms with Crippen molar-refractivity contribution in [2.24, 2.45) is 0 Å². The van der Waals surface area contributed by atoms with Gasteiger partial charge in [0.25, 0.3) is 0 Å². The number of aliphatic hydroxyl groups excluding tert-OH is 1. The van der Waals surface area contributed by atoms with Gasteiger partial charge in [-0.1, -0.05) is 0 Å². The number of carbonyl (C=O) groups is 1. The molecule has 1 aliphatic heterocycles. The fourth-order valence-electron chi connectivity index (χ4n) is 2.75. The predicted molar refractivity (Wildman–Crippen MR) is 94.1 cm³/mol. The molecule has 1 aliphatic rings. The van der Waals surface area contributed by atoms with Crippen molar-refractivity contribution in [3.63, 3.8) is 0 Å². The number of nitrogens with zero attached hydrogens (tertiary/aromatic N) is 1. The molecule has 7 heteroatoms. The van der Waals surface area contributed by atoms with Crippen LogP contribution in [0.15, 0.2) is 35.0 Å². The third-order valence-electron chi connectivity index (χ3n) is 4.00. The third-order valence-corrected chi connectivity index (χ3v) is 4.70. The van der Waals surface area contributed by atoms with Crippen molar-refractivity contribution >= 4 is 28.7 Å². The van der Waals surface area contributed by atoms with Crippen LogP contribution in [0.3, 0.4) is 0 Å². The Balaban J connectivity index is 1.57. The molecule has 3 rings (SSSR count). The van der Waals surface area contributed by atoms with Crippen molar-refractivity contribution in [1.82, 2.24) is 5.32 Å². The van der Waals surface area contributed by atoms with Crippen LogP contribution < -0.4 is 15.5 Å². The summed E-state index contributed by atoms with van der Waals surface area (Å²) in [6.07, 6.45) is 1.44. The van der Waals surface area contributed by atoms with E-state index in [0.717, 1.165) is 37.2 Å². The number of hydrogen-bond acceptors (Lipinski definition) is 4. The topological polar surface area (TPSA) is 64.6 Å². The highest BCUT2D eigenvalue weighted by Crippen LogP contribution is 2.25. The Kier molecular flexibility index (Phi) is 5.32. The number of amides is 2. The molecule has 2 aromatic rings. The summed E-state index contributed by atoms with van der Waals surface area (Å²) >= 11 is 1.49. The van der Waals surface area contributed by atoms with Crippen LogP contribution in [0, 0.1) is 5.82 Å². The van der Waals surface area contributed by atoms with E-state index in [-0.39, 0.29) is 12.4 Å². The summed E-state index contributed by atoms with van der Waals surface area (Å²) in [4.78, 5) is 14.1. The van der Waals surface area contributed by atoms with E-state index in [1.165, 1.54) is 23.5 Å². The van der Waals surface area contributed by atoms with Gasteiger partial charge >= 0.3 is 6.03 Å². The molecule has 0 aliphatic carbocycles. The maximum atomic E-state index is 13.8. The number of halogens is 1. The summed E-state index contributed by atoms with van der Waals surface area (Å²) in [5.74, 6) is -0.381. The number of benzene rings is 1. The fourth-order valence-corrected chi connectivity index (χ4v) is 3.46. The lowest BCUT2D eigenvalue weighted by molar-refractivity contribution is 0.175. The Morgan fingerprint density at radius 1 is 1.33 bits per heavy atom. The molecule has 2 amide bonds. The van der Waals surface area contributed by atoms with Crippen LogP contribution in [-0.4, -0.2) is 30.8 Å². The van der Waals surface area contributed by atoms with Crippen molar-refractivity contribution in [3.05, 3.63) is 46.4 Å². The number of urea groups is 1. The molecule has 1 aromatic carbocycles. The van der Waals surface area contributed by atoms with Crippen LogP contribution in [0.1, 0.15) is 24.5 Å². The van der Waals surface area contributed by atoms with E-state index in [0.29, 0.717) is 5.69 Å². The molecule has 1 unspecified atom stereocenters. The second kappa shape index (κ2) is 7.63. The quantitative estimate of drug-likeness (QED) is 0.776. The molecule has 0 bridgehead atoms. The maximum absolute atomic E-state index is 13.8. The first-order chi connectivity index (χ1) is 11.6. The SMILES string of the molecule is O=C(NCC(O)c1ccsc1)Nc1cc(F)cc(N2CCCC2)c1. The number of aliphatic hydroxyl groups is 1. The van der Waals surface area contributed by atoms with Gasteiger partial charge in [-0.2, -0.15) is 11.3 Å². The lowest BCUT2D eigenvalue weighted by atomic mass is 10.2. The van der Waals surface area contributed by atoms with Gasteiger partial charge in [0.15, 0.2) is 0 Å². The molecule has 5 nitrogen and oxygen atoms in total. The second-order valence-corrected chi connectivity index (χ2v) is 6.58. The molecule has 1 atom stereocenters. The van der Waals surface area contributed by atoms with E-state index < -0.39 is 12.1 Å². The Bertz CT molecular complexity index is 687. The highest BCUT2D eigenvalue weighted by molar-refractivity contribution is 7.07. The van der Waals surface area contributed by atoms with Crippen LogP contribution >= 0.6 is 11.3 Å². The first kappa shape index (κ1) is 16.7. The number of thiophene rings is 1. The van der Waals surface area contributed by atoms with E-state index in [1.54, 1.807) is 6.07 Å². The number of anilines is 2. The first-order valence-electron chi connectivity index (χ1n) is 7.92. The van der Waals surface area contributed by atoms with Gasteiger partial charge in [0.2, 0.25) is 0 Å². The summed E-state index contributed by atoms with van der Waals surface area (Å²) in [7, 11) is 0. The summed E-state index contributed by atoms with van der Waals surface area (Å²) in [6.45, 7) is 1.90.